The number of hydrogen-bond acceptors (Lipinski definition) is 4. The molecule has 0 aliphatic carbocycles. The van der Waals surface area contributed by atoms with Crippen LogP contribution in [0.5, 0.6) is 0 Å². The summed E-state index contributed by atoms with van der Waals surface area (Å²) in [5.41, 5.74) is 0. The van der Waals surface area contributed by atoms with Gasteiger partial charge in [-0.15, -0.1) is 11.3 Å². The fourth-order valence-corrected chi connectivity index (χ4v) is 3.62. The van der Waals surface area contributed by atoms with Crippen molar-refractivity contribution in [3.63, 3.8) is 0 Å². The summed E-state index contributed by atoms with van der Waals surface area (Å²) >= 11 is 1.12. The summed E-state index contributed by atoms with van der Waals surface area (Å²) in [5, 5.41) is 8.83. The van der Waals surface area contributed by atoms with Gasteiger partial charge in [-0.25, -0.2) is 21.9 Å². The summed E-state index contributed by atoms with van der Waals surface area (Å²) in [5.74, 6) is 0. The monoisotopic (exact) mass is 271 g/mol. The molecule has 2 N–H and O–H groups in total. The molecule has 0 fully saturated rings. The molecule has 0 unspecified atom stereocenters. The van der Waals surface area contributed by atoms with Gasteiger partial charge in [0.25, 0.3) is 6.43 Å². The van der Waals surface area contributed by atoms with Gasteiger partial charge >= 0.3 is 0 Å². The summed E-state index contributed by atoms with van der Waals surface area (Å²) in [6.07, 6.45) is -2.73. The second kappa shape index (κ2) is 5.17. The van der Waals surface area contributed by atoms with Gasteiger partial charge in [-0.05, 0) is 13.0 Å². The zero-order chi connectivity index (χ0) is 12.3. The van der Waals surface area contributed by atoms with Crippen LogP contribution in [0.15, 0.2) is 11.0 Å². The van der Waals surface area contributed by atoms with Crippen molar-refractivity contribution in [1.29, 1.82) is 0 Å². The Kier molecular flexibility index (Phi) is 4.36. The molecule has 1 aromatic rings. The molecule has 4 nitrogen and oxygen atoms in total. The lowest BCUT2D eigenvalue weighted by Crippen LogP contribution is -2.28. The predicted octanol–water partition coefficient (Wildman–Crippen LogP) is 1.09. The van der Waals surface area contributed by atoms with Crippen LogP contribution in [0.2, 0.25) is 0 Å². The lowest BCUT2D eigenvalue weighted by molar-refractivity contribution is 0.153. The van der Waals surface area contributed by atoms with Crippen LogP contribution < -0.4 is 4.72 Å². The molecule has 0 saturated heterocycles. The number of rotatable bonds is 5. The van der Waals surface area contributed by atoms with E-state index < -0.39 is 23.0 Å². The number of aliphatic hydroxyl groups excluding tert-OH is 1. The van der Waals surface area contributed by atoms with E-state index in [0.29, 0.717) is 9.75 Å². The number of hydrogen-bond donors (Lipinski definition) is 2. The van der Waals surface area contributed by atoms with Gasteiger partial charge in [0.1, 0.15) is 0 Å². The minimum absolute atomic E-state index is 0.0535. The molecular weight excluding hydrogens is 260 g/mol. The Morgan fingerprint density at radius 1 is 1.56 bits per heavy atom. The summed E-state index contributed by atoms with van der Waals surface area (Å²) in [4.78, 5) is 0.892. The van der Waals surface area contributed by atoms with E-state index in [0.717, 1.165) is 11.3 Å². The Balaban J connectivity index is 2.93. The molecule has 1 aromatic heterocycles. The van der Waals surface area contributed by atoms with Crippen molar-refractivity contribution in [2.75, 3.05) is 6.54 Å². The lowest BCUT2D eigenvalue weighted by atomic mass is 10.4. The maximum atomic E-state index is 11.9. The fraction of sp³-hybridized carbons (Fsp3) is 0.500. The van der Waals surface area contributed by atoms with Crippen molar-refractivity contribution in [1.82, 2.24) is 4.72 Å². The Labute approximate surface area is 96.0 Å². The molecule has 16 heavy (non-hydrogen) atoms. The second-order valence-corrected chi connectivity index (χ2v) is 6.11. The first kappa shape index (κ1) is 13.5. The van der Waals surface area contributed by atoms with Crippen LogP contribution >= 0.6 is 11.3 Å². The van der Waals surface area contributed by atoms with Crippen molar-refractivity contribution in [3.8, 4) is 0 Å². The van der Waals surface area contributed by atoms with Crippen LogP contribution in [0, 0.1) is 6.92 Å². The topological polar surface area (TPSA) is 66.4 Å². The number of halogens is 2. The molecule has 0 bridgehead atoms. The van der Waals surface area contributed by atoms with Gasteiger partial charge in [-0.1, -0.05) is 0 Å². The number of aryl methyl sites for hydroxylation is 1. The van der Waals surface area contributed by atoms with Gasteiger partial charge in [0.05, 0.1) is 18.0 Å². The quantitative estimate of drug-likeness (QED) is 0.842. The highest BCUT2D eigenvalue weighted by molar-refractivity contribution is 7.89. The molecule has 0 aromatic carbocycles. The average molecular weight is 271 g/mol. The smallest absolute Gasteiger partial charge is 0.251 e. The van der Waals surface area contributed by atoms with Crippen LogP contribution in [0.25, 0.3) is 0 Å². The minimum atomic E-state index is -3.91. The van der Waals surface area contributed by atoms with Crippen LogP contribution in [-0.2, 0) is 16.6 Å². The first-order valence-electron chi connectivity index (χ1n) is 4.35. The highest BCUT2D eigenvalue weighted by atomic mass is 32.2. The number of sulfonamides is 1. The van der Waals surface area contributed by atoms with Gasteiger partial charge in [0, 0.05) is 9.75 Å². The molecule has 0 amide bonds. The van der Waals surface area contributed by atoms with Gasteiger partial charge in [-0.2, -0.15) is 0 Å². The van der Waals surface area contributed by atoms with Crippen LogP contribution in [-0.4, -0.2) is 26.5 Å². The molecule has 0 atom stereocenters. The van der Waals surface area contributed by atoms with E-state index in [1.54, 1.807) is 11.6 Å². The first-order chi connectivity index (χ1) is 7.36. The third-order valence-electron chi connectivity index (χ3n) is 1.80. The Bertz CT molecular complexity index is 456. The molecule has 0 radical (unpaired) electrons. The van der Waals surface area contributed by atoms with Crippen LogP contribution in [0.4, 0.5) is 8.78 Å². The number of thiophene rings is 1. The highest BCUT2D eigenvalue weighted by Gasteiger charge is 2.20. The van der Waals surface area contributed by atoms with Gasteiger partial charge < -0.3 is 5.11 Å². The molecule has 0 spiro atoms. The molecule has 8 heteroatoms. The SMILES string of the molecule is Cc1sc(CO)cc1S(=O)(=O)NCC(F)F. The van der Waals surface area contributed by atoms with Gasteiger partial charge in [-0.3, -0.25) is 0 Å². The minimum Gasteiger partial charge on any atom is -0.391 e. The number of alkyl halides is 2. The predicted molar refractivity (Wildman–Crippen MR) is 56.2 cm³/mol. The van der Waals surface area contributed by atoms with E-state index in [1.807, 2.05) is 0 Å². The Morgan fingerprint density at radius 3 is 2.62 bits per heavy atom. The van der Waals surface area contributed by atoms with Crippen molar-refractivity contribution in [2.24, 2.45) is 0 Å². The zero-order valence-corrected chi connectivity index (χ0v) is 10.0. The maximum absolute atomic E-state index is 11.9. The van der Waals surface area contributed by atoms with E-state index in [9.17, 15) is 17.2 Å². The molecular formula is C8H11F2NO3S2. The molecule has 0 aliphatic heterocycles. The fourth-order valence-electron chi connectivity index (χ4n) is 1.12. The molecule has 92 valence electrons. The van der Waals surface area contributed by atoms with Crippen molar-refractivity contribution < 1.29 is 22.3 Å². The van der Waals surface area contributed by atoms with Crippen molar-refractivity contribution >= 4 is 21.4 Å². The third kappa shape index (κ3) is 3.21. The van der Waals surface area contributed by atoms with Crippen LogP contribution in [0.3, 0.4) is 0 Å². The summed E-state index contributed by atoms with van der Waals surface area (Å²) in [6, 6.07) is 1.29. The summed E-state index contributed by atoms with van der Waals surface area (Å²) in [7, 11) is -3.91. The van der Waals surface area contributed by atoms with Gasteiger partial charge in [0.2, 0.25) is 10.0 Å². The van der Waals surface area contributed by atoms with E-state index in [1.165, 1.54) is 6.07 Å². The lowest BCUT2D eigenvalue weighted by Gasteiger charge is -2.04. The first-order valence-corrected chi connectivity index (χ1v) is 6.64. The van der Waals surface area contributed by atoms with E-state index in [4.69, 9.17) is 5.11 Å². The molecule has 0 aliphatic rings. The highest BCUT2D eigenvalue weighted by Crippen LogP contribution is 2.25. The van der Waals surface area contributed by atoms with Crippen LogP contribution in [0.1, 0.15) is 9.75 Å². The summed E-state index contributed by atoms with van der Waals surface area (Å²) in [6.45, 7) is 0.378. The zero-order valence-electron chi connectivity index (χ0n) is 8.41. The third-order valence-corrected chi connectivity index (χ3v) is 4.51. The Hall–Kier alpha value is -0.570. The summed E-state index contributed by atoms with van der Waals surface area (Å²) < 4.78 is 48.7. The maximum Gasteiger partial charge on any atom is 0.251 e. The van der Waals surface area contributed by atoms with E-state index >= 15 is 0 Å². The van der Waals surface area contributed by atoms with Gasteiger partial charge in [0.15, 0.2) is 0 Å². The van der Waals surface area contributed by atoms with E-state index in [-0.39, 0.29) is 11.5 Å². The standard InChI is InChI=1S/C8H11F2NO3S2/c1-5-7(2-6(4-12)15-5)16(13,14)11-3-8(9)10/h2,8,11-12H,3-4H2,1H3. The largest absolute Gasteiger partial charge is 0.391 e. The number of nitrogens with one attached hydrogen (secondary N) is 1. The molecule has 1 rings (SSSR count). The van der Waals surface area contributed by atoms with E-state index in [2.05, 4.69) is 0 Å². The normalized spacial score (nSPS) is 12.3. The average Bonchev–Trinajstić information content (AvgIpc) is 2.57. The number of aliphatic hydroxyl groups is 1. The molecule has 0 saturated carbocycles. The van der Waals surface area contributed by atoms with Crippen molar-refractivity contribution in [3.05, 3.63) is 15.8 Å². The second-order valence-electron chi connectivity index (χ2n) is 3.03. The van der Waals surface area contributed by atoms with Crippen molar-refractivity contribution in [2.45, 2.75) is 24.9 Å². The molecule has 1 heterocycles. The Morgan fingerprint density at radius 2 is 2.19 bits per heavy atom.